The van der Waals surface area contributed by atoms with Gasteiger partial charge in [-0.05, 0) is 44.3 Å². The van der Waals surface area contributed by atoms with Crippen molar-refractivity contribution in [3.63, 3.8) is 0 Å². The molecule has 1 aliphatic heterocycles. The highest BCUT2D eigenvalue weighted by molar-refractivity contribution is 7.71. The van der Waals surface area contributed by atoms with Gasteiger partial charge >= 0.3 is 0 Å². The van der Waals surface area contributed by atoms with Gasteiger partial charge in [-0.15, -0.1) is 0 Å². The van der Waals surface area contributed by atoms with E-state index in [-0.39, 0.29) is 18.2 Å². The van der Waals surface area contributed by atoms with Crippen molar-refractivity contribution in [2.75, 3.05) is 31.1 Å². The summed E-state index contributed by atoms with van der Waals surface area (Å²) < 4.78 is 16.6. The summed E-state index contributed by atoms with van der Waals surface area (Å²) in [5, 5.41) is 7.07. The van der Waals surface area contributed by atoms with Gasteiger partial charge in [0, 0.05) is 37.3 Å². The van der Waals surface area contributed by atoms with E-state index >= 15 is 0 Å². The predicted octanol–water partition coefficient (Wildman–Crippen LogP) is 3.61. The number of Topliss-reactive ketones (excluding diaryl/α,β-unsaturated/α-hetero) is 1. The number of carbonyl (C=O) groups excluding carboxylic acids is 2. The van der Waals surface area contributed by atoms with Gasteiger partial charge in [-0.25, -0.2) is 4.39 Å². The maximum absolute atomic E-state index is 14.5. The quantitative estimate of drug-likeness (QED) is 0.472. The Labute approximate surface area is 190 Å². The van der Waals surface area contributed by atoms with Crippen molar-refractivity contribution in [3.8, 4) is 11.4 Å². The highest BCUT2D eigenvalue weighted by atomic mass is 32.1. The number of ketones is 1. The summed E-state index contributed by atoms with van der Waals surface area (Å²) in [5.41, 5.74) is 2.81. The van der Waals surface area contributed by atoms with E-state index in [4.69, 9.17) is 12.2 Å². The molecule has 32 heavy (non-hydrogen) atoms. The molecule has 0 bridgehead atoms. The normalized spacial score (nSPS) is 14.0. The van der Waals surface area contributed by atoms with E-state index in [1.165, 1.54) is 13.0 Å². The Morgan fingerprint density at radius 2 is 1.78 bits per heavy atom. The van der Waals surface area contributed by atoms with Crippen LogP contribution in [-0.2, 0) is 11.3 Å². The number of amides is 1. The van der Waals surface area contributed by atoms with Crippen LogP contribution in [0.3, 0.4) is 0 Å². The Morgan fingerprint density at radius 1 is 1.09 bits per heavy atom. The topological polar surface area (TPSA) is 74.2 Å². The molecular formula is C23H24FN5O2S. The maximum Gasteiger partial charge on any atom is 0.242 e. The minimum atomic E-state index is -0.426. The smallest absolute Gasteiger partial charge is 0.242 e. The van der Waals surface area contributed by atoms with Crippen LogP contribution >= 0.6 is 12.2 Å². The molecule has 0 spiro atoms. The second-order valence-corrected chi connectivity index (χ2v) is 8.28. The largest absolute Gasteiger partial charge is 0.366 e. The van der Waals surface area contributed by atoms with E-state index in [2.05, 4.69) is 10.2 Å². The summed E-state index contributed by atoms with van der Waals surface area (Å²) in [5.74, 6) is -0.0452. The van der Waals surface area contributed by atoms with E-state index < -0.39 is 5.82 Å². The molecule has 0 unspecified atom stereocenters. The van der Waals surface area contributed by atoms with Crippen molar-refractivity contribution in [1.82, 2.24) is 19.7 Å². The summed E-state index contributed by atoms with van der Waals surface area (Å²) in [7, 11) is 0. The molecule has 4 rings (SSSR count). The number of nitrogens with one attached hydrogen (secondary N) is 1. The van der Waals surface area contributed by atoms with Crippen LogP contribution < -0.4 is 4.90 Å². The lowest BCUT2D eigenvalue weighted by Crippen LogP contribution is -2.49. The lowest BCUT2D eigenvalue weighted by Gasteiger charge is -2.36. The second kappa shape index (κ2) is 9.04. The van der Waals surface area contributed by atoms with Crippen LogP contribution in [0.4, 0.5) is 10.1 Å². The third kappa shape index (κ3) is 4.47. The van der Waals surface area contributed by atoms with E-state index in [9.17, 15) is 14.0 Å². The van der Waals surface area contributed by atoms with Gasteiger partial charge in [0.15, 0.2) is 16.4 Å². The molecule has 0 aliphatic carbocycles. The predicted molar refractivity (Wildman–Crippen MR) is 123 cm³/mol. The van der Waals surface area contributed by atoms with Crippen molar-refractivity contribution in [2.24, 2.45) is 0 Å². The molecule has 9 heteroatoms. The van der Waals surface area contributed by atoms with Crippen LogP contribution in [-0.4, -0.2) is 57.5 Å². The van der Waals surface area contributed by atoms with Crippen LogP contribution in [0.5, 0.6) is 0 Å². The second-order valence-electron chi connectivity index (χ2n) is 7.89. The van der Waals surface area contributed by atoms with Gasteiger partial charge in [0.25, 0.3) is 0 Å². The molecule has 1 amide bonds. The Morgan fingerprint density at radius 3 is 2.41 bits per heavy atom. The minimum absolute atomic E-state index is 0.0667. The minimum Gasteiger partial charge on any atom is -0.366 e. The number of aromatic amines is 1. The van der Waals surface area contributed by atoms with Gasteiger partial charge in [-0.1, -0.05) is 29.8 Å². The van der Waals surface area contributed by atoms with Crippen molar-refractivity contribution in [1.29, 1.82) is 0 Å². The summed E-state index contributed by atoms with van der Waals surface area (Å²) in [6, 6.07) is 12.4. The fourth-order valence-electron chi connectivity index (χ4n) is 3.80. The summed E-state index contributed by atoms with van der Waals surface area (Å²) in [4.78, 5) is 28.1. The standard InChI is InChI=1S/C23H24FN5O2S/c1-15-3-5-17(6-4-15)22-25-26-23(32)29(22)14-21(31)28-11-9-27(10-12-28)20-8-7-18(16(2)30)13-19(20)24/h3-8,13H,9-12,14H2,1-2H3,(H,26,32). The number of benzene rings is 2. The molecular weight excluding hydrogens is 429 g/mol. The maximum atomic E-state index is 14.5. The molecule has 166 valence electrons. The molecule has 0 saturated carbocycles. The van der Waals surface area contributed by atoms with Gasteiger partial charge in [0.2, 0.25) is 5.91 Å². The van der Waals surface area contributed by atoms with Crippen LogP contribution in [0.1, 0.15) is 22.8 Å². The lowest BCUT2D eigenvalue weighted by molar-refractivity contribution is -0.132. The van der Waals surface area contributed by atoms with E-state index in [1.54, 1.807) is 21.6 Å². The van der Waals surface area contributed by atoms with Crippen LogP contribution in [0, 0.1) is 17.5 Å². The molecule has 0 atom stereocenters. The molecule has 1 fully saturated rings. The number of nitrogens with zero attached hydrogens (tertiary/aromatic N) is 4. The van der Waals surface area contributed by atoms with Gasteiger partial charge in [0.05, 0.1) is 5.69 Å². The summed E-state index contributed by atoms with van der Waals surface area (Å²) in [6.45, 7) is 5.45. The van der Waals surface area contributed by atoms with Gasteiger partial charge < -0.3 is 9.80 Å². The first-order valence-corrected chi connectivity index (χ1v) is 10.8. The molecule has 2 aromatic carbocycles. The Hall–Kier alpha value is -3.33. The highest BCUT2D eigenvalue weighted by Gasteiger charge is 2.24. The molecule has 1 N–H and O–H groups in total. The molecule has 1 saturated heterocycles. The number of aryl methyl sites for hydroxylation is 1. The fourth-order valence-corrected chi connectivity index (χ4v) is 4.00. The van der Waals surface area contributed by atoms with Crippen molar-refractivity contribution < 1.29 is 14.0 Å². The SMILES string of the molecule is CC(=O)c1ccc(N2CCN(C(=O)Cn3c(-c4ccc(C)cc4)n[nH]c3=S)CC2)c(F)c1. The average Bonchev–Trinajstić information content (AvgIpc) is 3.14. The lowest BCUT2D eigenvalue weighted by atomic mass is 10.1. The van der Waals surface area contributed by atoms with Crippen molar-refractivity contribution >= 4 is 29.6 Å². The molecule has 3 aromatic rings. The summed E-state index contributed by atoms with van der Waals surface area (Å²) >= 11 is 5.34. The average molecular weight is 454 g/mol. The first kappa shape index (κ1) is 21.9. The third-order valence-corrected chi connectivity index (χ3v) is 6.00. The monoisotopic (exact) mass is 453 g/mol. The Kier molecular flexibility index (Phi) is 6.18. The van der Waals surface area contributed by atoms with Crippen molar-refractivity contribution in [2.45, 2.75) is 20.4 Å². The number of H-pyrrole nitrogens is 1. The zero-order chi connectivity index (χ0) is 22.8. The van der Waals surface area contributed by atoms with Gasteiger partial charge in [-0.3, -0.25) is 19.3 Å². The van der Waals surface area contributed by atoms with Crippen LogP contribution in [0.15, 0.2) is 42.5 Å². The molecule has 1 aromatic heterocycles. The van der Waals surface area contributed by atoms with Crippen LogP contribution in [0.25, 0.3) is 11.4 Å². The van der Waals surface area contributed by atoms with Crippen LogP contribution in [0.2, 0.25) is 0 Å². The Balaban J connectivity index is 1.43. The molecule has 1 aliphatic rings. The van der Waals surface area contributed by atoms with E-state index in [0.717, 1.165) is 11.1 Å². The molecule has 2 heterocycles. The number of carbonyl (C=O) groups is 2. The fraction of sp³-hybridized carbons (Fsp3) is 0.304. The first-order chi connectivity index (χ1) is 15.3. The number of aromatic nitrogens is 3. The number of halogens is 1. The van der Waals surface area contributed by atoms with E-state index in [1.807, 2.05) is 36.1 Å². The number of piperazine rings is 1. The number of rotatable bonds is 5. The van der Waals surface area contributed by atoms with E-state index in [0.29, 0.717) is 48.0 Å². The summed E-state index contributed by atoms with van der Waals surface area (Å²) in [6.07, 6.45) is 0. The molecule has 0 radical (unpaired) electrons. The van der Waals surface area contributed by atoms with Gasteiger partial charge in [0.1, 0.15) is 12.4 Å². The zero-order valence-corrected chi connectivity index (χ0v) is 18.8. The number of hydrogen-bond acceptors (Lipinski definition) is 5. The zero-order valence-electron chi connectivity index (χ0n) is 18.0. The Bertz CT molecular complexity index is 1210. The van der Waals surface area contributed by atoms with Crippen molar-refractivity contribution in [3.05, 3.63) is 64.2 Å². The van der Waals surface area contributed by atoms with Gasteiger partial charge in [-0.2, -0.15) is 5.10 Å². The number of hydrogen-bond donors (Lipinski definition) is 1. The molecule has 7 nitrogen and oxygen atoms in total. The first-order valence-electron chi connectivity index (χ1n) is 10.4. The number of anilines is 1. The third-order valence-electron chi connectivity index (χ3n) is 5.69. The highest BCUT2D eigenvalue weighted by Crippen LogP contribution is 2.23.